The first-order valence-corrected chi connectivity index (χ1v) is 6.75. The fourth-order valence-corrected chi connectivity index (χ4v) is 2.12. The number of rotatable bonds is 6. The normalized spacial score (nSPS) is 11.7. The number of hydrogen-bond donors (Lipinski definition) is 1. The van der Waals surface area contributed by atoms with Crippen LogP contribution in [0.3, 0.4) is 0 Å². The molecule has 4 nitrogen and oxygen atoms in total. The van der Waals surface area contributed by atoms with Gasteiger partial charge in [0.25, 0.3) is 0 Å². The van der Waals surface area contributed by atoms with E-state index >= 15 is 0 Å². The predicted molar refractivity (Wildman–Crippen MR) is 80.2 cm³/mol. The smallest absolute Gasteiger partial charge is 0.345 e. The third kappa shape index (κ3) is 3.89. The second-order valence-electron chi connectivity index (χ2n) is 4.39. The molecule has 2 rings (SSSR count). The summed E-state index contributed by atoms with van der Waals surface area (Å²) < 4.78 is 10.7. The first kappa shape index (κ1) is 15.2. The van der Waals surface area contributed by atoms with E-state index in [4.69, 9.17) is 21.1 Å². The molecule has 0 aliphatic heterocycles. The molecule has 2 aromatic rings. The quantitative estimate of drug-likeness (QED) is 0.888. The lowest BCUT2D eigenvalue weighted by atomic mass is 10.1. The molecule has 1 atom stereocenters. The van der Waals surface area contributed by atoms with E-state index in [9.17, 15) is 9.90 Å². The first-order valence-electron chi connectivity index (χ1n) is 6.37. The maximum absolute atomic E-state index is 11.4. The van der Waals surface area contributed by atoms with Crippen LogP contribution in [0.5, 0.6) is 11.5 Å². The number of halogens is 1. The minimum Gasteiger partial charge on any atom is -0.496 e. The highest BCUT2D eigenvalue weighted by Gasteiger charge is 2.22. The van der Waals surface area contributed by atoms with Gasteiger partial charge in [0, 0.05) is 6.42 Å². The zero-order chi connectivity index (χ0) is 15.2. The summed E-state index contributed by atoms with van der Waals surface area (Å²) in [7, 11) is 1.55. The van der Waals surface area contributed by atoms with Crippen LogP contribution in [0.1, 0.15) is 5.56 Å². The van der Waals surface area contributed by atoms with Crippen LogP contribution >= 0.6 is 11.6 Å². The van der Waals surface area contributed by atoms with Gasteiger partial charge in [0.05, 0.1) is 12.1 Å². The highest BCUT2D eigenvalue weighted by molar-refractivity contribution is 6.32. The number of aliphatic carboxylic acids is 1. The minimum absolute atomic E-state index is 0.185. The Morgan fingerprint density at radius 3 is 2.38 bits per heavy atom. The molecule has 2 aromatic carbocycles. The third-order valence-electron chi connectivity index (χ3n) is 2.98. The second-order valence-corrected chi connectivity index (χ2v) is 4.80. The number of para-hydroxylation sites is 2. The van der Waals surface area contributed by atoms with E-state index in [-0.39, 0.29) is 6.42 Å². The Bertz CT molecular complexity index is 627. The van der Waals surface area contributed by atoms with Crippen LogP contribution < -0.4 is 9.47 Å². The summed E-state index contributed by atoms with van der Waals surface area (Å²) in [4.78, 5) is 11.4. The van der Waals surface area contributed by atoms with E-state index in [1.54, 1.807) is 37.4 Å². The van der Waals surface area contributed by atoms with E-state index in [2.05, 4.69) is 0 Å². The summed E-state index contributed by atoms with van der Waals surface area (Å²) >= 11 is 5.99. The lowest BCUT2D eigenvalue weighted by molar-refractivity contribution is -0.145. The van der Waals surface area contributed by atoms with Gasteiger partial charge in [-0.15, -0.1) is 0 Å². The molecule has 0 radical (unpaired) electrons. The molecule has 0 unspecified atom stereocenters. The van der Waals surface area contributed by atoms with Gasteiger partial charge in [-0.1, -0.05) is 41.9 Å². The van der Waals surface area contributed by atoms with Crippen molar-refractivity contribution >= 4 is 17.6 Å². The molecule has 0 aliphatic rings. The number of benzene rings is 2. The Morgan fingerprint density at radius 2 is 1.76 bits per heavy atom. The number of carboxylic acid groups (broad SMARTS) is 1. The lowest BCUT2D eigenvalue weighted by Gasteiger charge is -2.17. The molecule has 0 bridgehead atoms. The van der Waals surface area contributed by atoms with Crippen LogP contribution in [-0.4, -0.2) is 24.3 Å². The summed E-state index contributed by atoms with van der Waals surface area (Å²) in [5.74, 6) is -0.0752. The van der Waals surface area contributed by atoms with Gasteiger partial charge in [0.1, 0.15) is 11.5 Å². The molecule has 0 amide bonds. The van der Waals surface area contributed by atoms with Gasteiger partial charge in [0.15, 0.2) is 6.10 Å². The Kier molecular flexibility index (Phi) is 5.06. The molecule has 1 N–H and O–H groups in total. The fourth-order valence-electron chi connectivity index (χ4n) is 1.94. The van der Waals surface area contributed by atoms with Crippen LogP contribution in [-0.2, 0) is 11.2 Å². The summed E-state index contributed by atoms with van der Waals surface area (Å²) in [6.07, 6.45) is -0.855. The zero-order valence-corrected chi connectivity index (χ0v) is 12.2. The van der Waals surface area contributed by atoms with Gasteiger partial charge in [0.2, 0.25) is 0 Å². The van der Waals surface area contributed by atoms with Crippen molar-refractivity contribution in [1.29, 1.82) is 0 Å². The third-order valence-corrected chi connectivity index (χ3v) is 3.29. The van der Waals surface area contributed by atoms with Crippen molar-refractivity contribution in [1.82, 2.24) is 0 Å². The Morgan fingerprint density at radius 1 is 1.14 bits per heavy atom. The summed E-state index contributed by atoms with van der Waals surface area (Å²) in [5, 5.41) is 9.72. The van der Waals surface area contributed by atoms with Gasteiger partial charge in [-0.2, -0.15) is 0 Å². The van der Waals surface area contributed by atoms with Crippen LogP contribution in [0.4, 0.5) is 0 Å². The Hall–Kier alpha value is -2.20. The van der Waals surface area contributed by atoms with Crippen LogP contribution in [0.15, 0.2) is 48.5 Å². The molecule has 21 heavy (non-hydrogen) atoms. The number of carboxylic acids is 1. The standard InChI is InChI=1S/C16H15ClO4/c1-20-13-8-4-2-6-11(13)10-15(16(18)19)21-14-9-5-3-7-12(14)17/h2-9,15H,10H2,1H3,(H,18,19)/t15-/m0/s1. The number of methoxy groups -OCH3 is 1. The van der Waals surface area contributed by atoms with Gasteiger partial charge < -0.3 is 14.6 Å². The van der Waals surface area contributed by atoms with Crippen LogP contribution in [0, 0.1) is 0 Å². The van der Waals surface area contributed by atoms with Gasteiger partial charge in [-0.3, -0.25) is 0 Å². The van der Waals surface area contributed by atoms with Crippen molar-refractivity contribution < 1.29 is 19.4 Å². The van der Waals surface area contributed by atoms with Crippen molar-refractivity contribution in [3.05, 3.63) is 59.1 Å². The number of carbonyl (C=O) groups is 1. The molecular weight excluding hydrogens is 292 g/mol. The Balaban J connectivity index is 2.20. The maximum Gasteiger partial charge on any atom is 0.345 e. The molecule has 0 aliphatic carbocycles. The topological polar surface area (TPSA) is 55.8 Å². The molecule has 0 saturated heterocycles. The monoisotopic (exact) mass is 306 g/mol. The molecule has 0 aromatic heterocycles. The SMILES string of the molecule is COc1ccccc1C[C@H](Oc1ccccc1Cl)C(=O)O. The molecule has 5 heteroatoms. The Labute approximate surface area is 127 Å². The predicted octanol–water partition coefficient (Wildman–Crippen LogP) is 3.42. The van der Waals surface area contributed by atoms with E-state index in [1.807, 2.05) is 18.2 Å². The van der Waals surface area contributed by atoms with Crippen LogP contribution in [0.25, 0.3) is 0 Å². The van der Waals surface area contributed by atoms with Crippen molar-refractivity contribution in [2.45, 2.75) is 12.5 Å². The van der Waals surface area contributed by atoms with E-state index in [0.29, 0.717) is 16.5 Å². The minimum atomic E-state index is -1.05. The van der Waals surface area contributed by atoms with E-state index < -0.39 is 12.1 Å². The molecule has 0 saturated carbocycles. The zero-order valence-electron chi connectivity index (χ0n) is 11.5. The fraction of sp³-hybridized carbons (Fsp3) is 0.188. The van der Waals surface area contributed by atoms with E-state index in [0.717, 1.165) is 5.56 Å². The van der Waals surface area contributed by atoms with Crippen molar-refractivity contribution in [2.24, 2.45) is 0 Å². The average molecular weight is 307 g/mol. The summed E-state index contributed by atoms with van der Waals surface area (Å²) in [6.45, 7) is 0. The largest absolute Gasteiger partial charge is 0.496 e. The highest BCUT2D eigenvalue weighted by atomic mass is 35.5. The molecule has 0 spiro atoms. The number of hydrogen-bond acceptors (Lipinski definition) is 3. The molecule has 0 heterocycles. The molecule has 0 fully saturated rings. The van der Waals surface area contributed by atoms with E-state index in [1.165, 1.54) is 0 Å². The average Bonchev–Trinajstić information content (AvgIpc) is 2.49. The van der Waals surface area contributed by atoms with Crippen LogP contribution in [0.2, 0.25) is 5.02 Å². The summed E-state index contributed by atoms with van der Waals surface area (Å²) in [5.41, 5.74) is 0.763. The number of ether oxygens (including phenoxy) is 2. The maximum atomic E-state index is 11.4. The van der Waals surface area contributed by atoms with Gasteiger partial charge >= 0.3 is 5.97 Å². The summed E-state index contributed by atoms with van der Waals surface area (Å²) in [6, 6.07) is 14.0. The van der Waals surface area contributed by atoms with Crippen molar-refractivity contribution in [3.63, 3.8) is 0 Å². The second kappa shape index (κ2) is 6.99. The molecule has 110 valence electrons. The van der Waals surface area contributed by atoms with Gasteiger partial charge in [-0.25, -0.2) is 4.79 Å². The molecular formula is C16H15ClO4. The van der Waals surface area contributed by atoms with Crippen molar-refractivity contribution in [3.8, 4) is 11.5 Å². The lowest BCUT2D eigenvalue weighted by Crippen LogP contribution is -2.29. The highest BCUT2D eigenvalue weighted by Crippen LogP contribution is 2.26. The van der Waals surface area contributed by atoms with Crippen molar-refractivity contribution in [2.75, 3.05) is 7.11 Å². The van der Waals surface area contributed by atoms with Gasteiger partial charge in [-0.05, 0) is 23.8 Å². The first-order chi connectivity index (χ1) is 10.1.